The normalized spacial score (nSPS) is 10.4. The van der Waals surface area contributed by atoms with Crippen molar-refractivity contribution in [2.45, 2.75) is 26.8 Å². The van der Waals surface area contributed by atoms with Crippen LogP contribution in [0.2, 0.25) is 0 Å². The molecule has 2 rings (SSSR count). The Kier molecular flexibility index (Phi) is 3.19. The Labute approximate surface area is 95.1 Å². The molecular formula is C12H16N4. The molecular weight excluding hydrogens is 200 g/mol. The van der Waals surface area contributed by atoms with E-state index in [4.69, 9.17) is 0 Å². The summed E-state index contributed by atoms with van der Waals surface area (Å²) in [6.07, 6.45) is 4.63. The third-order valence-electron chi connectivity index (χ3n) is 2.49. The molecule has 0 atom stereocenters. The number of nitrogens with one attached hydrogen (secondary N) is 2. The van der Waals surface area contributed by atoms with Gasteiger partial charge in [0.25, 0.3) is 0 Å². The average Bonchev–Trinajstić information content (AvgIpc) is 2.73. The van der Waals surface area contributed by atoms with Crippen LogP contribution in [0.3, 0.4) is 0 Å². The first-order chi connectivity index (χ1) is 7.79. The zero-order chi connectivity index (χ0) is 11.4. The first kappa shape index (κ1) is 10.7. The number of pyridine rings is 1. The Morgan fingerprint density at radius 1 is 1.38 bits per heavy atom. The number of anilines is 1. The van der Waals surface area contributed by atoms with Crippen LogP contribution < -0.4 is 5.32 Å². The van der Waals surface area contributed by atoms with Crippen LogP contribution in [0.25, 0.3) is 0 Å². The van der Waals surface area contributed by atoms with Gasteiger partial charge in [0, 0.05) is 18.1 Å². The molecule has 0 radical (unpaired) electrons. The smallest absolute Gasteiger partial charge is 0.200 e. The molecule has 16 heavy (non-hydrogen) atoms. The van der Waals surface area contributed by atoms with Gasteiger partial charge in [0.05, 0.1) is 12.2 Å². The van der Waals surface area contributed by atoms with E-state index in [1.807, 2.05) is 25.4 Å². The lowest BCUT2D eigenvalue weighted by Gasteiger charge is -2.06. The number of aromatic nitrogens is 3. The molecule has 2 N–H and O–H groups in total. The number of hydrogen-bond donors (Lipinski definition) is 2. The molecule has 0 unspecified atom stereocenters. The lowest BCUT2D eigenvalue weighted by atomic mass is 10.1. The van der Waals surface area contributed by atoms with Crippen LogP contribution >= 0.6 is 0 Å². The zero-order valence-corrected chi connectivity index (χ0v) is 9.62. The molecule has 0 saturated carbocycles. The highest BCUT2D eigenvalue weighted by atomic mass is 15.1. The number of nitrogens with zero attached hydrogens (tertiary/aromatic N) is 2. The number of hydrogen-bond acceptors (Lipinski definition) is 3. The van der Waals surface area contributed by atoms with Gasteiger partial charge in [-0.1, -0.05) is 13.0 Å². The molecule has 0 spiro atoms. The second-order valence-electron chi connectivity index (χ2n) is 3.73. The molecule has 0 saturated heterocycles. The standard InChI is InChI=1S/C12H16N4/c1-3-10-5-4-6-13-11(10)8-15-12-14-7-9(2)16-12/h4-7H,3,8H2,1-2H3,(H2,14,15,16). The molecule has 0 aliphatic rings. The summed E-state index contributed by atoms with van der Waals surface area (Å²) in [6, 6.07) is 4.08. The predicted octanol–water partition coefficient (Wildman–Crippen LogP) is 2.29. The molecule has 4 nitrogen and oxygen atoms in total. The maximum atomic E-state index is 4.37. The minimum atomic E-state index is 0.705. The van der Waals surface area contributed by atoms with Crippen LogP contribution in [0.1, 0.15) is 23.9 Å². The van der Waals surface area contributed by atoms with E-state index in [1.54, 1.807) is 0 Å². The van der Waals surface area contributed by atoms with Crippen molar-refractivity contribution in [2.75, 3.05) is 5.32 Å². The van der Waals surface area contributed by atoms with Crippen molar-refractivity contribution in [3.05, 3.63) is 41.5 Å². The molecule has 0 amide bonds. The Balaban J connectivity index is 2.04. The number of imidazole rings is 1. The van der Waals surface area contributed by atoms with Crippen LogP contribution in [-0.2, 0) is 13.0 Å². The number of H-pyrrole nitrogens is 1. The van der Waals surface area contributed by atoms with E-state index in [0.717, 1.165) is 23.8 Å². The molecule has 0 aliphatic heterocycles. The Bertz CT molecular complexity index is 462. The molecule has 0 fully saturated rings. The van der Waals surface area contributed by atoms with E-state index in [0.29, 0.717) is 6.54 Å². The lowest BCUT2D eigenvalue weighted by molar-refractivity contribution is 0.958. The SMILES string of the molecule is CCc1cccnc1CNc1ncc(C)[nH]1. The van der Waals surface area contributed by atoms with Gasteiger partial charge in [-0.05, 0) is 25.0 Å². The first-order valence-corrected chi connectivity index (χ1v) is 5.48. The van der Waals surface area contributed by atoms with Crippen molar-refractivity contribution >= 4 is 5.95 Å². The molecule has 0 bridgehead atoms. The first-order valence-electron chi connectivity index (χ1n) is 5.48. The van der Waals surface area contributed by atoms with Crippen molar-refractivity contribution in [2.24, 2.45) is 0 Å². The summed E-state index contributed by atoms with van der Waals surface area (Å²) in [4.78, 5) is 11.7. The predicted molar refractivity (Wildman–Crippen MR) is 64.3 cm³/mol. The number of aryl methyl sites for hydroxylation is 2. The van der Waals surface area contributed by atoms with E-state index in [-0.39, 0.29) is 0 Å². The fourth-order valence-electron chi connectivity index (χ4n) is 1.62. The van der Waals surface area contributed by atoms with Crippen molar-refractivity contribution in [1.82, 2.24) is 15.0 Å². The van der Waals surface area contributed by atoms with Gasteiger partial charge in [0.15, 0.2) is 0 Å². The van der Waals surface area contributed by atoms with Gasteiger partial charge < -0.3 is 10.3 Å². The summed E-state index contributed by atoms with van der Waals surface area (Å²) in [5.41, 5.74) is 3.41. The Morgan fingerprint density at radius 2 is 2.25 bits per heavy atom. The van der Waals surface area contributed by atoms with E-state index in [2.05, 4.69) is 33.3 Å². The van der Waals surface area contributed by atoms with Gasteiger partial charge in [-0.15, -0.1) is 0 Å². The van der Waals surface area contributed by atoms with Crippen LogP contribution in [0.15, 0.2) is 24.5 Å². The number of aromatic amines is 1. The molecule has 2 heterocycles. The van der Waals surface area contributed by atoms with Crippen molar-refractivity contribution in [3.63, 3.8) is 0 Å². The fraction of sp³-hybridized carbons (Fsp3) is 0.333. The highest BCUT2D eigenvalue weighted by Gasteiger charge is 2.02. The van der Waals surface area contributed by atoms with E-state index < -0.39 is 0 Å². The maximum Gasteiger partial charge on any atom is 0.200 e. The Hall–Kier alpha value is -1.84. The summed E-state index contributed by atoms with van der Waals surface area (Å²) >= 11 is 0. The molecule has 4 heteroatoms. The van der Waals surface area contributed by atoms with Crippen LogP contribution in [-0.4, -0.2) is 15.0 Å². The largest absolute Gasteiger partial charge is 0.350 e. The van der Waals surface area contributed by atoms with Crippen LogP contribution in [0, 0.1) is 6.92 Å². The average molecular weight is 216 g/mol. The van der Waals surface area contributed by atoms with Crippen LogP contribution in [0.4, 0.5) is 5.95 Å². The summed E-state index contributed by atoms with van der Waals surface area (Å²) in [5, 5.41) is 3.23. The highest BCUT2D eigenvalue weighted by molar-refractivity contribution is 5.29. The second-order valence-corrected chi connectivity index (χ2v) is 3.73. The second kappa shape index (κ2) is 4.79. The third-order valence-corrected chi connectivity index (χ3v) is 2.49. The van der Waals surface area contributed by atoms with Crippen molar-refractivity contribution in [1.29, 1.82) is 0 Å². The van der Waals surface area contributed by atoms with E-state index >= 15 is 0 Å². The highest BCUT2D eigenvalue weighted by Crippen LogP contribution is 2.08. The molecule has 2 aromatic rings. The Morgan fingerprint density at radius 3 is 2.94 bits per heavy atom. The topological polar surface area (TPSA) is 53.6 Å². The number of rotatable bonds is 4. The fourth-order valence-corrected chi connectivity index (χ4v) is 1.62. The van der Waals surface area contributed by atoms with Gasteiger partial charge in [0.1, 0.15) is 0 Å². The van der Waals surface area contributed by atoms with Crippen molar-refractivity contribution < 1.29 is 0 Å². The lowest BCUT2D eigenvalue weighted by Crippen LogP contribution is -2.05. The molecule has 2 aromatic heterocycles. The summed E-state index contributed by atoms with van der Waals surface area (Å²) < 4.78 is 0. The summed E-state index contributed by atoms with van der Waals surface area (Å²) in [5.74, 6) is 0.796. The molecule has 0 aromatic carbocycles. The monoisotopic (exact) mass is 216 g/mol. The summed E-state index contributed by atoms with van der Waals surface area (Å²) in [6.45, 7) is 4.82. The quantitative estimate of drug-likeness (QED) is 0.824. The third kappa shape index (κ3) is 2.39. The maximum absolute atomic E-state index is 4.37. The van der Waals surface area contributed by atoms with Gasteiger partial charge >= 0.3 is 0 Å². The molecule has 0 aliphatic carbocycles. The minimum absolute atomic E-state index is 0.705. The zero-order valence-electron chi connectivity index (χ0n) is 9.62. The minimum Gasteiger partial charge on any atom is -0.350 e. The van der Waals surface area contributed by atoms with Gasteiger partial charge in [0.2, 0.25) is 5.95 Å². The van der Waals surface area contributed by atoms with Gasteiger partial charge in [-0.25, -0.2) is 4.98 Å². The molecule has 84 valence electrons. The van der Waals surface area contributed by atoms with E-state index in [1.165, 1.54) is 5.56 Å². The van der Waals surface area contributed by atoms with Crippen molar-refractivity contribution in [3.8, 4) is 0 Å². The van der Waals surface area contributed by atoms with Gasteiger partial charge in [-0.3, -0.25) is 4.98 Å². The van der Waals surface area contributed by atoms with E-state index in [9.17, 15) is 0 Å². The van der Waals surface area contributed by atoms with Gasteiger partial charge in [-0.2, -0.15) is 0 Å². The van der Waals surface area contributed by atoms with Crippen LogP contribution in [0.5, 0.6) is 0 Å². The summed E-state index contributed by atoms with van der Waals surface area (Å²) in [7, 11) is 0.